The molecule has 0 radical (unpaired) electrons. The Balaban J connectivity index is 1.13. The van der Waals surface area contributed by atoms with Crippen molar-refractivity contribution < 1.29 is 4.79 Å². The molecular weight excluding hydrogens is 448 g/mol. The second-order valence-electron chi connectivity index (χ2n) is 7.30. The van der Waals surface area contributed by atoms with Gasteiger partial charge >= 0.3 is 0 Å². The van der Waals surface area contributed by atoms with Gasteiger partial charge in [0.15, 0.2) is 5.13 Å². The Morgan fingerprint density at radius 3 is 2.94 bits per heavy atom. The smallest absolute Gasteiger partial charge is 0.259 e. The van der Waals surface area contributed by atoms with Crippen molar-refractivity contribution in [2.75, 3.05) is 11.1 Å². The van der Waals surface area contributed by atoms with Crippen molar-refractivity contribution >= 4 is 55.7 Å². The lowest BCUT2D eigenvalue weighted by molar-refractivity contribution is -0.115. The van der Waals surface area contributed by atoms with Crippen LogP contribution in [0.1, 0.15) is 29.1 Å². The number of aryl methyl sites for hydroxylation is 2. The van der Waals surface area contributed by atoms with Crippen LogP contribution in [0.4, 0.5) is 5.13 Å². The molecule has 1 aliphatic rings. The summed E-state index contributed by atoms with van der Waals surface area (Å²) in [6, 6.07) is 9.89. The molecule has 0 aliphatic heterocycles. The molecule has 6 nitrogen and oxygen atoms in total. The number of aromatic amines is 1. The first-order chi connectivity index (χ1) is 15.2. The molecule has 31 heavy (non-hydrogen) atoms. The number of carbonyl (C=O) groups is 1. The van der Waals surface area contributed by atoms with Gasteiger partial charge < -0.3 is 10.3 Å². The lowest BCUT2D eigenvalue weighted by Crippen LogP contribution is -2.13. The van der Waals surface area contributed by atoms with Crippen molar-refractivity contribution in [2.24, 2.45) is 0 Å². The third kappa shape index (κ3) is 4.44. The van der Waals surface area contributed by atoms with E-state index in [0.29, 0.717) is 28.9 Å². The average Bonchev–Trinajstić information content (AvgIpc) is 3.48. The molecule has 0 fully saturated rings. The number of thioether (sulfide) groups is 1. The van der Waals surface area contributed by atoms with Crippen LogP contribution in [0, 0.1) is 0 Å². The number of anilines is 1. The number of aromatic nitrogens is 3. The minimum atomic E-state index is -0.0620. The normalized spacial score (nSPS) is 12.9. The number of hydrogen-bond donors (Lipinski definition) is 2. The molecule has 4 aromatic rings. The van der Waals surface area contributed by atoms with Crippen LogP contribution in [0.2, 0.25) is 0 Å². The van der Waals surface area contributed by atoms with E-state index in [1.165, 1.54) is 21.8 Å². The highest BCUT2D eigenvalue weighted by Crippen LogP contribution is 2.34. The maximum absolute atomic E-state index is 12.5. The van der Waals surface area contributed by atoms with Crippen LogP contribution in [0.15, 0.2) is 40.5 Å². The summed E-state index contributed by atoms with van der Waals surface area (Å²) < 4.78 is 0. The number of H-pyrrole nitrogens is 1. The standard InChI is InChI=1S/C22H20N4O2S3/c27-18(26-22-23-15(11-30-22)13-5-2-1-3-6-13)9-10-29-12-17-24-20(28)19-14-7-4-8-16(14)31-21(19)25-17/h1-3,5-6,11H,4,7-10,12H2,(H,23,26,27)(H,24,25,28). The fourth-order valence-corrected chi connectivity index (χ4v) is 6.52. The van der Waals surface area contributed by atoms with Crippen LogP contribution >= 0.6 is 34.4 Å². The Morgan fingerprint density at radius 2 is 2.06 bits per heavy atom. The number of amides is 1. The lowest BCUT2D eigenvalue weighted by atomic mass is 10.2. The number of benzene rings is 1. The third-order valence-electron chi connectivity index (χ3n) is 5.16. The van der Waals surface area contributed by atoms with E-state index in [4.69, 9.17) is 0 Å². The molecule has 3 heterocycles. The van der Waals surface area contributed by atoms with E-state index in [0.717, 1.165) is 40.7 Å². The predicted octanol–water partition coefficient (Wildman–Crippen LogP) is 4.86. The Bertz CT molecular complexity index is 1290. The maximum atomic E-state index is 12.5. The zero-order chi connectivity index (χ0) is 21.2. The van der Waals surface area contributed by atoms with Gasteiger partial charge in [0.05, 0.1) is 16.8 Å². The quantitative estimate of drug-likeness (QED) is 0.378. The first-order valence-corrected chi connectivity index (χ1v) is 12.9. The number of fused-ring (bicyclic) bond motifs is 3. The highest BCUT2D eigenvalue weighted by molar-refractivity contribution is 7.98. The van der Waals surface area contributed by atoms with Gasteiger partial charge in [-0.3, -0.25) is 9.59 Å². The summed E-state index contributed by atoms with van der Waals surface area (Å²) >= 11 is 4.66. The second kappa shape index (κ2) is 8.94. The number of hydrogen-bond acceptors (Lipinski definition) is 7. The number of thiophene rings is 1. The molecule has 2 N–H and O–H groups in total. The number of thiazole rings is 1. The highest BCUT2D eigenvalue weighted by Gasteiger charge is 2.21. The molecule has 5 rings (SSSR count). The zero-order valence-electron chi connectivity index (χ0n) is 16.6. The van der Waals surface area contributed by atoms with Crippen LogP contribution in [0.25, 0.3) is 21.5 Å². The number of rotatable bonds is 7. The van der Waals surface area contributed by atoms with Crippen LogP contribution < -0.4 is 10.9 Å². The maximum Gasteiger partial charge on any atom is 0.259 e. The van der Waals surface area contributed by atoms with Gasteiger partial charge in [0.1, 0.15) is 10.7 Å². The fraction of sp³-hybridized carbons (Fsp3) is 0.273. The summed E-state index contributed by atoms with van der Waals surface area (Å²) in [5.74, 6) is 1.84. The molecule has 3 aromatic heterocycles. The Hall–Kier alpha value is -2.49. The van der Waals surface area contributed by atoms with Gasteiger partial charge in [-0.15, -0.1) is 22.7 Å². The minimum Gasteiger partial charge on any atom is -0.309 e. The van der Waals surface area contributed by atoms with Gasteiger partial charge in [0.25, 0.3) is 5.56 Å². The van der Waals surface area contributed by atoms with Gasteiger partial charge in [-0.2, -0.15) is 11.8 Å². The SMILES string of the molecule is O=C(CCSCc1nc2sc3c(c2c(=O)[nH]1)CCC3)Nc1nc(-c2ccccc2)cs1. The van der Waals surface area contributed by atoms with Crippen molar-refractivity contribution in [3.05, 3.63) is 62.3 Å². The topological polar surface area (TPSA) is 87.7 Å². The molecule has 0 bridgehead atoms. The summed E-state index contributed by atoms with van der Waals surface area (Å²) in [6.07, 6.45) is 3.55. The van der Waals surface area contributed by atoms with E-state index in [1.54, 1.807) is 23.1 Å². The third-order valence-corrected chi connectivity index (χ3v) is 8.07. The molecule has 9 heteroatoms. The van der Waals surface area contributed by atoms with Gasteiger partial charge in [-0.25, -0.2) is 9.97 Å². The van der Waals surface area contributed by atoms with Crippen LogP contribution in [-0.4, -0.2) is 26.6 Å². The largest absolute Gasteiger partial charge is 0.309 e. The monoisotopic (exact) mass is 468 g/mol. The van der Waals surface area contributed by atoms with Crippen LogP contribution in [0.5, 0.6) is 0 Å². The molecule has 0 unspecified atom stereocenters. The molecule has 1 aliphatic carbocycles. The minimum absolute atomic E-state index is 0.0317. The van der Waals surface area contributed by atoms with E-state index in [9.17, 15) is 9.59 Å². The molecule has 0 saturated carbocycles. The summed E-state index contributed by atoms with van der Waals surface area (Å²) in [7, 11) is 0. The van der Waals surface area contributed by atoms with Gasteiger partial charge in [0.2, 0.25) is 5.91 Å². The Kier molecular flexibility index (Phi) is 5.89. The van der Waals surface area contributed by atoms with E-state index >= 15 is 0 Å². The fourth-order valence-electron chi connectivity index (χ4n) is 3.70. The molecule has 158 valence electrons. The zero-order valence-corrected chi connectivity index (χ0v) is 19.1. The molecule has 0 atom stereocenters. The number of nitrogens with one attached hydrogen (secondary N) is 2. The summed E-state index contributed by atoms with van der Waals surface area (Å²) in [4.78, 5) is 39.0. The summed E-state index contributed by atoms with van der Waals surface area (Å²) in [5, 5.41) is 6.20. The molecule has 0 saturated heterocycles. The van der Waals surface area contributed by atoms with E-state index in [2.05, 4.69) is 20.3 Å². The second-order valence-corrected chi connectivity index (χ2v) is 10.4. The molecule has 1 amide bonds. The van der Waals surface area contributed by atoms with E-state index in [1.807, 2.05) is 35.7 Å². The van der Waals surface area contributed by atoms with Crippen molar-refractivity contribution in [3.63, 3.8) is 0 Å². The molecule has 1 aromatic carbocycles. The van der Waals surface area contributed by atoms with Crippen molar-refractivity contribution in [2.45, 2.75) is 31.4 Å². The van der Waals surface area contributed by atoms with Gasteiger partial charge in [0, 0.05) is 28.0 Å². The molecular formula is C22H20N4O2S3. The van der Waals surface area contributed by atoms with Crippen molar-refractivity contribution in [3.8, 4) is 11.3 Å². The predicted molar refractivity (Wildman–Crippen MR) is 129 cm³/mol. The van der Waals surface area contributed by atoms with Crippen LogP contribution in [-0.2, 0) is 23.4 Å². The first kappa shape index (κ1) is 20.4. The van der Waals surface area contributed by atoms with Crippen molar-refractivity contribution in [1.82, 2.24) is 15.0 Å². The first-order valence-electron chi connectivity index (χ1n) is 10.1. The number of carbonyl (C=O) groups excluding carboxylic acids is 1. The van der Waals surface area contributed by atoms with Gasteiger partial charge in [-0.1, -0.05) is 30.3 Å². The van der Waals surface area contributed by atoms with E-state index in [-0.39, 0.29) is 11.5 Å². The number of nitrogens with zero attached hydrogens (tertiary/aromatic N) is 2. The van der Waals surface area contributed by atoms with Crippen molar-refractivity contribution in [1.29, 1.82) is 0 Å². The van der Waals surface area contributed by atoms with Gasteiger partial charge in [-0.05, 0) is 24.8 Å². The highest BCUT2D eigenvalue weighted by atomic mass is 32.2. The molecule has 0 spiro atoms. The summed E-state index contributed by atoms with van der Waals surface area (Å²) in [5.41, 5.74) is 3.06. The lowest BCUT2D eigenvalue weighted by Gasteiger charge is -2.03. The average molecular weight is 469 g/mol. The Morgan fingerprint density at radius 1 is 1.19 bits per heavy atom. The van der Waals surface area contributed by atoms with Crippen LogP contribution in [0.3, 0.4) is 0 Å². The summed E-state index contributed by atoms with van der Waals surface area (Å²) in [6.45, 7) is 0. The Labute approximate surface area is 191 Å². The van der Waals surface area contributed by atoms with E-state index < -0.39 is 0 Å².